The summed E-state index contributed by atoms with van der Waals surface area (Å²) < 4.78 is 24.6. The van der Waals surface area contributed by atoms with E-state index in [1.807, 2.05) is 26.8 Å². The van der Waals surface area contributed by atoms with Crippen LogP contribution in [-0.4, -0.2) is 25.4 Å². The molecule has 2 rings (SSSR count). The molecule has 0 aromatic heterocycles. The smallest absolute Gasteiger partial charge is 0.179 e. The average Bonchev–Trinajstić information content (AvgIpc) is 2.42. The van der Waals surface area contributed by atoms with Crippen LogP contribution >= 0.6 is 0 Å². The van der Waals surface area contributed by atoms with Gasteiger partial charge in [0.25, 0.3) is 0 Å². The summed E-state index contributed by atoms with van der Waals surface area (Å²) >= 11 is 0. The standard InChI is InChI=1S/C13H18O3S.C2H6.7CH4/c1-9-10-6-4-5-7-11(10)17(15,16)8-13(2,3)12(9)14;1-2;;;;;;;/h4-7,9,12,14H,8H2,1-3H3;1-2H3;7*1H4/t9-,12-;;;;;;;;/m1......../s1. The third-order valence-electron chi connectivity index (χ3n) is 3.58. The Balaban J connectivity index is -0.0000000776. The first-order chi connectivity index (χ1) is 8.76. The fourth-order valence-electron chi connectivity index (χ4n) is 2.64. The first kappa shape index (κ1) is 44.5. The van der Waals surface area contributed by atoms with Crippen LogP contribution in [0.25, 0.3) is 0 Å². The molecule has 26 heavy (non-hydrogen) atoms. The van der Waals surface area contributed by atoms with Crippen LogP contribution in [0.2, 0.25) is 0 Å². The molecule has 2 atom stereocenters. The van der Waals surface area contributed by atoms with Crippen LogP contribution in [0.1, 0.15) is 98.1 Å². The van der Waals surface area contributed by atoms with E-state index in [1.54, 1.807) is 32.0 Å². The van der Waals surface area contributed by atoms with E-state index in [0.29, 0.717) is 4.90 Å². The van der Waals surface area contributed by atoms with Gasteiger partial charge in [-0.3, -0.25) is 0 Å². The van der Waals surface area contributed by atoms with Gasteiger partial charge in [-0.25, -0.2) is 8.42 Å². The van der Waals surface area contributed by atoms with E-state index in [0.717, 1.165) is 5.56 Å². The van der Waals surface area contributed by atoms with Crippen LogP contribution in [0.4, 0.5) is 0 Å². The second kappa shape index (κ2) is 16.3. The summed E-state index contributed by atoms with van der Waals surface area (Å²) in [6.07, 6.45) is -0.652. The van der Waals surface area contributed by atoms with Crippen molar-refractivity contribution in [1.29, 1.82) is 0 Å². The van der Waals surface area contributed by atoms with Gasteiger partial charge in [0, 0.05) is 11.3 Å². The summed E-state index contributed by atoms with van der Waals surface area (Å²) in [5.41, 5.74) is 0.0997. The predicted molar refractivity (Wildman–Crippen MR) is 125 cm³/mol. The number of sulfone groups is 1. The zero-order valence-corrected chi connectivity index (χ0v) is 13.2. The Morgan fingerprint density at radius 2 is 1.31 bits per heavy atom. The molecule has 0 saturated heterocycles. The van der Waals surface area contributed by atoms with Crippen molar-refractivity contribution in [1.82, 2.24) is 0 Å². The van der Waals surface area contributed by atoms with Gasteiger partial charge in [-0.15, -0.1) is 0 Å². The maximum atomic E-state index is 12.3. The first-order valence-corrected chi connectivity index (χ1v) is 8.41. The lowest BCUT2D eigenvalue weighted by Gasteiger charge is -2.31. The monoisotopic (exact) mass is 396 g/mol. The molecule has 1 N–H and O–H groups in total. The highest BCUT2D eigenvalue weighted by Gasteiger charge is 2.42. The lowest BCUT2D eigenvalue weighted by atomic mass is 9.79. The molecule has 1 aliphatic rings. The zero-order valence-electron chi connectivity index (χ0n) is 12.3. The third kappa shape index (κ3) is 8.68. The molecule has 1 aromatic rings. The van der Waals surface area contributed by atoms with Crippen LogP contribution in [-0.2, 0) is 9.84 Å². The molecule has 0 spiro atoms. The quantitative estimate of drug-likeness (QED) is 0.495. The molecule has 3 nitrogen and oxygen atoms in total. The lowest BCUT2D eigenvalue weighted by molar-refractivity contribution is 0.0465. The van der Waals surface area contributed by atoms with E-state index in [4.69, 9.17) is 0 Å². The van der Waals surface area contributed by atoms with Gasteiger partial charge in [0.15, 0.2) is 9.84 Å². The van der Waals surface area contributed by atoms with E-state index in [9.17, 15) is 13.5 Å². The van der Waals surface area contributed by atoms with Crippen LogP contribution in [0.5, 0.6) is 0 Å². The molecule has 1 aromatic carbocycles. The van der Waals surface area contributed by atoms with Crippen molar-refractivity contribution in [3.05, 3.63) is 29.8 Å². The highest BCUT2D eigenvalue weighted by atomic mass is 32.2. The molecule has 0 unspecified atom stereocenters. The summed E-state index contributed by atoms with van der Waals surface area (Å²) in [4.78, 5) is 0.372. The molecule has 0 amide bonds. The molecule has 164 valence electrons. The molecular formula is C22H52O3S. The van der Waals surface area contributed by atoms with Gasteiger partial charge in [-0.05, 0) is 11.6 Å². The van der Waals surface area contributed by atoms with E-state index >= 15 is 0 Å². The maximum Gasteiger partial charge on any atom is 0.179 e. The normalized spacial score (nSPS) is 20.1. The molecule has 0 saturated carbocycles. The lowest BCUT2D eigenvalue weighted by Crippen LogP contribution is -2.36. The molecule has 4 heteroatoms. The van der Waals surface area contributed by atoms with Gasteiger partial charge < -0.3 is 5.11 Å². The number of hydrogen-bond donors (Lipinski definition) is 1. The number of rotatable bonds is 0. The number of fused-ring (bicyclic) bond motifs is 1. The van der Waals surface area contributed by atoms with Gasteiger partial charge in [0.2, 0.25) is 0 Å². The topological polar surface area (TPSA) is 54.4 Å². The Morgan fingerprint density at radius 1 is 0.923 bits per heavy atom. The SMILES string of the molecule is C.C.C.C.C.C.C.CC.C[C@@H]1c2ccccc2S(=O)(=O)CC(C)(C)[C@@H]1O. The number of aliphatic hydroxyl groups excluding tert-OH is 1. The highest BCUT2D eigenvalue weighted by molar-refractivity contribution is 7.91. The molecular weight excluding hydrogens is 344 g/mol. The van der Waals surface area contributed by atoms with Crippen molar-refractivity contribution in [2.75, 3.05) is 5.75 Å². The Morgan fingerprint density at radius 3 is 1.73 bits per heavy atom. The van der Waals surface area contributed by atoms with Crippen molar-refractivity contribution >= 4 is 9.84 Å². The Hall–Kier alpha value is -0.870. The minimum atomic E-state index is -3.31. The predicted octanol–water partition coefficient (Wildman–Crippen LogP) is 7.44. The fraction of sp³-hybridized carbons (Fsp3) is 0.727. The highest BCUT2D eigenvalue weighted by Crippen LogP contribution is 2.40. The molecule has 1 aliphatic heterocycles. The number of aliphatic hydroxyl groups is 1. The second-order valence-corrected chi connectivity index (χ2v) is 7.48. The average molecular weight is 397 g/mol. The molecule has 0 aliphatic carbocycles. The van der Waals surface area contributed by atoms with Crippen molar-refractivity contribution in [3.8, 4) is 0 Å². The third-order valence-corrected chi connectivity index (χ3v) is 5.75. The molecule has 0 bridgehead atoms. The second-order valence-electron chi connectivity index (χ2n) is 5.52. The zero-order chi connectivity index (χ0) is 14.8. The number of benzene rings is 1. The van der Waals surface area contributed by atoms with Crippen LogP contribution < -0.4 is 0 Å². The van der Waals surface area contributed by atoms with Crippen molar-refractivity contribution in [2.24, 2.45) is 5.41 Å². The van der Waals surface area contributed by atoms with Gasteiger partial charge in [0.1, 0.15) is 0 Å². The van der Waals surface area contributed by atoms with E-state index < -0.39 is 21.4 Å². The first-order valence-electron chi connectivity index (χ1n) is 6.75. The summed E-state index contributed by atoms with van der Waals surface area (Å²) in [7, 11) is -3.31. The van der Waals surface area contributed by atoms with Gasteiger partial charge in [0.05, 0.1) is 16.8 Å². The largest absolute Gasteiger partial charge is 0.392 e. The molecule has 1 heterocycles. The Labute approximate surface area is 168 Å². The summed E-state index contributed by atoms with van der Waals surface area (Å²) in [6, 6.07) is 6.97. The van der Waals surface area contributed by atoms with Crippen molar-refractivity contribution < 1.29 is 13.5 Å². The summed E-state index contributed by atoms with van der Waals surface area (Å²) in [5, 5.41) is 10.3. The van der Waals surface area contributed by atoms with Crippen LogP contribution in [0.15, 0.2) is 29.2 Å². The minimum Gasteiger partial charge on any atom is -0.392 e. The summed E-state index contributed by atoms with van der Waals surface area (Å²) in [5.74, 6) is -0.179. The van der Waals surface area contributed by atoms with Gasteiger partial charge in [-0.1, -0.05) is 105 Å². The van der Waals surface area contributed by atoms with E-state index in [-0.39, 0.29) is 63.7 Å². The Kier molecular flexibility index (Phi) is 27.9. The van der Waals surface area contributed by atoms with E-state index in [2.05, 4.69) is 0 Å². The van der Waals surface area contributed by atoms with Crippen LogP contribution in [0.3, 0.4) is 0 Å². The van der Waals surface area contributed by atoms with Gasteiger partial charge >= 0.3 is 0 Å². The number of hydrogen-bond acceptors (Lipinski definition) is 3. The van der Waals surface area contributed by atoms with E-state index in [1.165, 1.54) is 0 Å². The summed E-state index contributed by atoms with van der Waals surface area (Å²) in [6.45, 7) is 9.49. The van der Waals surface area contributed by atoms with Gasteiger partial charge in [-0.2, -0.15) is 0 Å². The van der Waals surface area contributed by atoms with Crippen molar-refractivity contribution in [3.63, 3.8) is 0 Å². The Bertz CT molecular complexity index is 534. The fourth-order valence-corrected chi connectivity index (χ4v) is 4.84. The molecule has 0 fully saturated rings. The molecule has 0 radical (unpaired) electrons. The minimum absolute atomic E-state index is 0. The van der Waals surface area contributed by atoms with Crippen molar-refractivity contribution in [2.45, 2.75) is 104 Å². The maximum absolute atomic E-state index is 12.3. The van der Waals surface area contributed by atoms with Crippen LogP contribution in [0, 0.1) is 5.41 Å².